The molecule has 13 nitrogen and oxygen atoms in total. The number of phenols is 1. The second-order valence-corrected chi connectivity index (χ2v) is 9.93. The number of nitrogens with two attached hydrogens (primary N) is 2. The maximum Gasteiger partial charge on any atom is 0.267 e. The zero-order valence-electron chi connectivity index (χ0n) is 22.8. The van der Waals surface area contributed by atoms with Crippen molar-refractivity contribution in [1.82, 2.24) is 15.5 Å². The number of hydrogen-bond acceptors (Lipinski definition) is 9. The van der Waals surface area contributed by atoms with E-state index in [1.54, 1.807) is 42.5 Å². The molecule has 0 bridgehead atoms. The molecular weight excluding hydrogens is 550 g/mol. The number of amides is 3. The van der Waals surface area contributed by atoms with E-state index in [2.05, 4.69) is 15.6 Å². The number of phenolic OH excluding ortho intramolecular Hbond substituents is 1. The van der Waals surface area contributed by atoms with Crippen LogP contribution in [0.4, 0.5) is 5.69 Å². The summed E-state index contributed by atoms with van der Waals surface area (Å²) < 4.78 is 10.5. The fourth-order valence-corrected chi connectivity index (χ4v) is 4.91. The van der Waals surface area contributed by atoms with Crippen molar-refractivity contribution in [2.45, 2.75) is 31.8 Å². The molecule has 2 aromatic rings. The number of guanidine groups is 1. The van der Waals surface area contributed by atoms with Crippen LogP contribution < -0.4 is 31.6 Å². The lowest BCUT2D eigenvalue weighted by atomic mass is 10.1. The van der Waals surface area contributed by atoms with Gasteiger partial charge in [0.25, 0.3) is 5.91 Å². The first-order valence-corrected chi connectivity index (χ1v) is 13.4. The number of nitrogens with one attached hydrogen (secondary N) is 3. The van der Waals surface area contributed by atoms with Crippen molar-refractivity contribution in [3.8, 4) is 17.2 Å². The summed E-state index contributed by atoms with van der Waals surface area (Å²) in [4.78, 5) is 45.2. The van der Waals surface area contributed by atoms with Crippen LogP contribution in [0.3, 0.4) is 0 Å². The third-order valence-corrected chi connectivity index (χ3v) is 6.97. The molecule has 14 heteroatoms. The second-order valence-electron chi connectivity index (χ2n) is 8.92. The minimum absolute atomic E-state index is 0.150. The van der Waals surface area contributed by atoms with Crippen molar-refractivity contribution in [2.75, 3.05) is 20.8 Å². The molecule has 0 radical (unpaired) electrons. The van der Waals surface area contributed by atoms with Gasteiger partial charge in [0, 0.05) is 6.54 Å². The van der Waals surface area contributed by atoms with Gasteiger partial charge in [-0.15, -0.1) is 0 Å². The molecule has 0 saturated carbocycles. The van der Waals surface area contributed by atoms with E-state index in [1.165, 1.54) is 26.0 Å². The number of ether oxygens (including phenoxy) is 2. The van der Waals surface area contributed by atoms with Crippen LogP contribution in [0.15, 0.2) is 52.4 Å². The highest BCUT2D eigenvalue weighted by Gasteiger charge is 2.41. The largest absolute Gasteiger partial charge is 0.502 e. The van der Waals surface area contributed by atoms with Crippen molar-refractivity contribution in [3.05, 3.63) is 52.9 Å². The molecule has 0 unspecified atom stereocenters. The summed E-state index contributed by atoms with van der Waals surface area (Å²) in [5.41, 5.74) is 11.8. The van der Waals surface area contributed by atoms with E-state index < -0.39 is 29.8 Å². The normalized spacial score (nSPS) is 16.4. The predicted octanol–water partition coefficient (Wildman–Crippen LogP) is 1.64. The van der Waals surface area contributed by atoms with Crippen molar-refractivity contribution in [2.24, 2.45) is 16.5 Å². The van der Waals surface area contributed by atoms with Gasteiger partial charge < -0.3 is 36.7 Å². The van der Waals surface area contributed by atoms with E-state index >= 15 is 0 Å². The maximum atomic E-state index is 13.9. The van der Waals surface area contributed by atoms with Gasteiger partial charge in [0.05, 0.1) is 24.8 Å². The summed E-state index contributed by atoms with van der Waals surface area (Å²) in [6.45, 7) is 1.73. The summed E-state index contributed by atoms with van der Waals surface area (Å²) in [6.07, 6.45) is 2.10. The van der Waals surface area contributed by atoms with Gasteiger partial charge in [-0.3, -0.25) is 24.7 Å². The molecular formula is C27H33N7O6S. The number of aliphatic imine (C=N–C) groups is 1. The number of aromatic hydroxyl groups is 1. The van der Waals surface area contributed by atoms with E-state index in [1.807, 2.05) is 6.07 Å². The smallest absolute Gasteiger partial charge is 0.267 e. The maximum absolute atomic E-state index is 13.9. The van der Waals surface area contributed by atoms with E-state index in [4.69, 9.17) is 26.4 Å². The van der Waals surface area contributed by atoms with Crippen molar-refractivity contribution < 1.29 is 29.0 Å². The molecule has 8 N–H and O–H groups in total. The third-order valence-electron chi connectivity index (χ3n) is 5.99. The fraction of sp³-hybridized carbons (Fsp3) is 0.296. The molecule has 3 amide bonds. The first-order valence-electron chi connectivity index (χ1n) is 12.5. The summed E-state index contributed by atoms with van der Waals surface area (Å²) >= 11 is 1.06. The molecule has 1 aliphatic rings. The molecule has 1 aliphatic heterocycles. The van der Waals surface area contributed by atoms with Gasteiger partial charge >= 0.3 is 0 Å². The van der Waals surface area contributed by atoms with Gasteiger partial charge in [0.2, 0.25) is 17.6 Å². The number of thioether (sulfide) groups is 1. The Bertz CT molecular complexity index is 1340. The topological polar surface area (TPSA) is 205 Å². The number of methoxy groups -OCH3 is 2. The van der Waals surface area contributed by atoms with Crippen LogP contribution in [-0.2, 0) is 14.4 Å². The quantitative estimate of drug-likeness (QED) is 0.0928. The number of hydrogen-bond donors (Lipinski definition) is 6. The number of carbonyl (C=O) groups is 3. The average Bonchev–Trinajstić information content (AvgIpc) is 3.23. The first-order chi connectivity index (χ1) is 19.5. The molecule has 1 fully saturated rings. The number of benzene rings is 2. The highest BCUT2D eigenvalue weighted by molar-refractivity contribution is 8.18. The van der Waals surface area contributed by atoms with Crippen LogP contribution >= 0.6 is 11.8 Å². The Balaban J connectivity index is 2.07. The van der Waals surface area contributed by atoms with E-state index in [-0.39, 0.29) is 46.2 Å². The SMILES string of the molecule is COc1cc(/C=C2\S/C(=N\c3ccccc3)N([C@@H](CCCNC(=N)N)C(=O)N[C@@H](C)C(N)=O)C2=O)cc(OC)c1O. The molecule has 0 spiro atoms. The van der Waals surface area contributed by atoms with Gasteiger partial charge in [-0.25, -0.2) is 4.99 Å². The Kier molecular flexibility index (Phi) is 10.6. The Morgan fingerprint density at radius 3 is 2.37 bits per heavy atom. The van der Waals surface area contributed by atoms with E-state index in [9.17, 15) is 19.5 Å². The van der Waals surface area contributed by atoms with Gasteiger partial charge in [-0.2, -0.15) is 0 Å². The summed E-state index contributed by atoms with van der Waals surface area (Å²) in [6, 6.07) is 9.97. The summed E-state index contributed by atoms with van der Waals surface area (Å²) in [5, 5.41) is 23.2. The van der Waals surface area contributed by atoms with Crippen LogP contribution in [0, 0.1) is 5.41 Å². The monoisotopic (exact) mass is 583 g/mol. The van der Waals surface area contributed by atoms with Crippen LogP contribution in [0.25, 0.3) is 6.08 Å². The van der Waals surface area contributed by atoms with Crippen LogP contribution in [0.1, 0.15) is 25.3 Å². The highest BCUT2D eigenvalue weighted by atomic mass is 32.2. The zero-order chi connectivity index (χ0) is 30.1. The van der Waals surface area contributed by atoms with Crippen LogP contribution in [-0.4, -0.2) is 71.7 Å². The summed E-state index contributed by atoms with van der Waals surface area (Å²) in [7, 11) is 2.79. The van der Waals surface area contributed by atoms with Gasteiger partial charge in [-0.05, 0) is 67.4 Å². The van der Waals surface area contributed by atoms with Gasteiger partial charge in [0.15, 0.2) is 22.6 Å². The molecule has 2 atom stereocenters. The molecule has 2 aromatic carbocycles. The molecule has 218 valence electrons. The fourth-order valence-electron chi connectivity index (χ4n) is 3.88. The van der Waals surface area contributed by atoms with Crippen LogP contribution in [0.5, 0.6) is 17.2 Å². The van der Waals surface area contributed by atoms with Gasteiger partial charge in [0.1, 0.15) is 12.1 Å². The van der Waals surface area contributed by atoms with E-state index in [0.717, 1.165) is 11.8 Å². The van der Waals surface area contributed by atoms with E-state index in [0.29, 0.717) is 17.7 Å². The summed E-state index contributed by atoms with van der Waals surface area (Å²) in [5.74, 6) is -1.93. The van der Waals surface area contributed by atoms with Gasteiger partial charge in [-0.1, -0.05) is 18.2 Å². The lowest BCUT2D eigenvalue weighted by Gasteiger charge is -2.27. The average molecular weight is 584 g/mol. The molecule has 0 aliphatic carbocycles. The lowest BCUT2D eigenvalue weighted by Crippen LogP contribution is -2.53. The van der Waals surface area contributed by atoms with Crippen molar-refractivity contribution in [3.63, 3.8) is 0 Å². The second kappa shape index (κ2) is 14.1. The minimum atomic E-state index is -1.07. The number of primary amides is 1. The van der Waals surface area contributed by atoms with Crippen molar-refractivity contribution >= 4 is 52.4 Å². The lowest BCUT2D eigenvalue weighted by molar-refractivity contribution is -0.134. The molecule has 3 rings (SSSR count). The molecule has 1 saturated heterocycles. The number of nitrogens with zero attached hydrogens (tertiary/aromatic N) is 2. The highest BCUT2D eigenvalue weighted by Crippen LogP contribution is 2.40. The third kappa shape index (κ3) is 7.91. The Morgan fingerprint density at radius 2 is 1.80 bits per heavy atom. The standard InChI is InChI=1S/C27H33N7O6S/c1-15(23(28)36)32-24(37)18(10-7-11-31-26(29)30)34-25(38)21(41-27(34)33-17-8-5-4-6-9-17)14-16-12-19(39-2)22(35)20(13-16)40-3/h4-6,8-9,12-15,18,35H,7,10-11H2,1-3H3,(H2,28,36)(H,32,37)(H4,29,30,31)/b21-14-,33-27-/t15-,18-/m0/s1. The molecule has 0 aromatic heterocycles. The minimum Gasteiger partial charge on any atom is -0.502 e. The zero-order valence-corrected chi connectivity index (χ0v) is 23.7. The Morgan fingerprint density at radius 1 is 1.17 bits per heavy atom. The molecule has 1 heterocycles. The number of carbonyl (C=O) groups excluding carboxylic acids is 3. The predicted molar refractivity (Wildman–Crippen MR) is 157 cm³/mol. The number of rotatable bonds is 12. The van der Waals surface area contributed by atoms with Crippen molar-refractivity contribution in [1.29, 1.82) is 5.41 Å². The Labute approximate surface area is 241 Å². The van der Waals surface area contributed by atoms with Crippen LogP contribution in [0.2, 0.25) is 0 Å². The number of amidine groups is 1. The Hall–Kier alpha value is -4.72. The number of para-hydroxylation sites is 1. The first kappa shape index (κ1) is 30.8. The molecule has 41 heavy (non-hydrogen) atoms.